The minimum absolute atomic E-state index is 0.00318. The summed E-state index contributed by atoms with van der Waals surface area (Å²) in [6, 6.07) is 24.7. The summed E-state index contributed by atoms with van der Waals surface area (Å²) < 4.78 is 16.0. The molecule has 4 nitrogen and oxygen atoms in total. The van der Waals surface area contributed by atoms with E-state index in [1.807, 2.05) is 36.4 Å². The number of benzene rings is 3. The lowest BCUT2D eigenvalue weighted by Gasteiger charge is -2.21. The van der Waals surface area contributed by atoms with Gasteiger partial charge in [0.05, 0.1) is 17.1 Å². The molecule has 5 rings (SSSR count). The van der Waals surface area contributed by atoms with Crippen LogP contribution in [0, 0.1) is 5.82 Å². The van der Waals surface area contributed by atoms with Gasteiger partial charge in [-0.2, -0.15) is 0 Å². The first-order valence-corrected chi connectivity index (χ1v) is 10.2. The highest BCUT2D eigenvalue weighted by Crippen LogP contribution is 2.36. The van der Waals surface area contributed by atoms with Crippen molar-refractivity contribution >= 4 is 22.6 Å². The van der Waals surface area contributed by atoms with Crippen LogP contribution in [0.5, 0.6) is 0 Å². The van der Waals surface area contributed by atoms with Crippen molar-refractivity contribution in [2.24, 2.45) is 0 Å². The highest BCUT2D eigenvalue weighted by Gasteiger charge is 2.35. The summed E-state index contributed by atoms with van der Waals surface area (Å²) in [5.41, 5.74) is 3.77. The smallest absolute Gasteiger partial charge is 0.227 e. The van der Waals surface area contributed by atoms with Gasteiger partial charge in [-0.1, -0.05) is 48.5 Å². The van der Waals surface area contributed by atoms with Gasteiger partial charge in [-0.05, 0) is 42.8 Å². The summed E-state index contributed by atoms with van der Waals surface area (Å²) in [5.74, 6) is 0.504. The van der Waals surface area contributed by atoms with Crippen molar-refractivity contribution in [3.63, 3.8) is 0 Å². The zero-order chi connectivity index (χ0) is 20.7. The molecule has 2 unspecified atom stereocenters. The van der Waals surface area contributed by atoms with Gasteiger partial charge >= 0.3 is 0 Å². The molecule has 1 aromatic heterocycles. The molecule has 1 aliphatic heterocycles. The first-order valence-electron chi connectivity index (χ1n) is 10.2. The Morgan fingerprint density at radius 1 is 1.00 bits per heavy atom. The summed E-state index contributed by atoms with van der Waals surface area (Å²) in [4.78, 5) is 19.4. The Morgan fingerprint density at radius 3 is 2.57 bits per heavy atom. The average molecular weight is 399 g/mol. The summed E-state index contributed by atoms with van der Waals surface area (Å²) in [7, 11) is 0. The van der Waals surface area contributed by atoms with Crippen molar-refractivity contribution in [3.8, 4) is 0 Å². The minimum atomic E-state index is -0.339. The van der Waals surface area contributed by atoms with Gasteiger partial charge in [-0.15, -0.1) is 0 Å². The lowest BCUT2D eigenvalue weighted by Crippen LogP contribution is -2.24. The molecule has 0 radical (unpaired) electrons. The van der Waals surface area contributed by atoms with E-state index < -0.39 is 0 Å². The van der Waals surface area contributed by atoms with Crippen LogP contribution in [0.3, 0.4) is 0 Å². The lowest BCUT2D eigenvalue weighted by molar-refractivity contribution is -0.117. The molecule has 4 aromatic rings. The monoisotopic (exact) mass is 399 g/mol. The first-order chi connectivity index (χ1) is 14.6. The van der Waals surface area contributed by atoms with Crippen LogP contribution in [0.2, 0.25) is 0 Å². The number of carbonyl (C=O) groups excluding carboxylic acids is 1. The number of aromatic nitrogens is 2. The van der Waals surface area contributed by atoms with Crippen molar-refractivity contribution in [2.45, 2.75) is 25.3 Å². The molecule has 1 fully saturated rings. The molecule has 0 aliphatic carbocycles. The second kappa shape index (κ2) is 7.41. The van der Waals surface area contributed by atoms with Gasteiger partial charge in [-0.3, -0.25) is 4.79 Å². The van der Waals surface area contributed by atoms with E-state index in [0.29, 0.717) is 18.7 Å². The zero-order valence-corrected chi connectivity index (χ0v) is 16.7. The minimum Gasteiger partial charge on any atom is -0.320 e. The summed E-state index contributed by atoms with van der Waals surface area (Å²) in [5, 5.41) is 0. The second-order valence-electron chi connectivity index (χ2n) is 7.80. The highest BCUT2D eigenvalue weighted by molar-refractivity contribution is 5.96. The van der Waals surface area contributed by atoms with Gasteiger partial charge in [0, 0.05) is 24.6 Å². The fourth-order valence-corrected chi connectivity index (χ4v) is 4.41. The third-order valence-electron chi connectivity index (χ3n) is 5.90. The molecule has 1 aliphatic rings. The van der Waals surface area contributed by atoms with E-state index >= 15 is 0 Å². The van der Waals surface area contributed by atoms with Crippen molar-refractivity contribution in [3.05, 3.63) is 96.1 Å². The number of para-hydroxylation sites is 2. The molecule has 0 bridgehead atoms. The number of nitrogens with zero attached hydrogens (tertiary/aromatic N) is 3. The number of fused-ring (bicyclic) bond motifs is 1. The molecule has 0 saturated carbocycles. The molecule has 1 amide bonds. The third kappa shape index (κ3) is 3.16. The predicted molar refractivity (Wildman–Crippen MR) is 116 cm³/mol. The Hall–Kier alpha value is -3.47. The van der Waals surface area contributed by atoms with Crippen LogP contribution >= 0.6 is 0 Å². The SMILES string of the molecule is CC(c1ccccc1)n1c(C2CC(=O)N(c3cccc(F)c3)C2)nc2ccccc21. The number of anilines is 1. The van der Waals surface area contributed by atoms with Gasteiger partial charge in [0.2, 0.25) is 5.91 Å². The maximum absolute atomic E-state index is 13.7. The normalized spacial score (nSPS) is 17.6. The number of carbonyl (C=O) groups is 1. The van der Waals surface area contributed by atoms with Gasteiger partial charge < -0.3 is 9.47 Å². The largest absolute Gasteiger partial charge is 0.320 e. The van der Waals surface area contributed by atoms with Crippen molar-refractivity contribution in [1.82, 2.24) is 9.55 Å². The van der Waals surface area contributed by atoms with Gasteiger partial charge in [-0.25, -0.2) is 9.37 Å². The second-order valence-corrected chi connectivity index (χ2v) is 7.80. The summed E-state index contributed by atoms with van der Waals surface area (Å²) in [6.07, 6.45) is 0.362. The quantitative estimate of drug-likeness (QED) is 0.467. The summed E-state index contributed by atoms with van der Waals surface area (Å²) in [6.45, 7) is 2.65. The van der Waals surface area contributed by atoms with E-state index in [1.165, 1.54) is 17.7 Å². The lowest BCUT2D eigenvalue weighted by atomic mass is 10.0. The van der Waals surface area contributed by atoms with Gasteiger partial charge in [0.1, 0.15) is 11.6 Å². The van der Waals surface area contributed by atoms with E-state index in [4.69, 9.17) is 4.98 Å². The van der Waals surface area contributed by atoms with Crippen LogP contribution < -0.4 is 4.90 Å². The van der Waals surface area contributed by atoms with Crippen molar-refractivity contribution in [2.75, 3.05) is 11.4 Å². The van der Waals surface area contributed by atoms with Crippen LogP contribution in [0.15, 0.2) is 78.9 Å². The number of rotatable bonds is 4. The Labute approximate surface area is 174 Å². The molecule has 2 atom stereocenters. The standard InChI is InChI=1S/C25H22FN3O/c1-17(18-8-3-2-4-9-18)29-23-13-6-5-12-22(23)27-25(29)19-14-24(30)28(16-19)21-11-7-10-20(26)15-21/h2-13,15,17,19H,14,16H2,1H3. The number of amides is 1. The van der Waals surface area contributed by atoms with Crippen LogP contribution in [-0.4, -0.2) is 22.0 Å². The number of hydrogen-bond acceptors (Lipinski definition) is 2. The van der Waals surface area contributed by atoms with E-state index in [-0.39, 0.29) is 23.7 Å². The van der Waals surface area contributed by atoms with Gasteiger partial charge in [0.15, 0.2) is 0 Å². The molecule has 150 valence electrons. The Kier molecular flexibility index (Phi) is 4.58. The zero-order valence-electron chi connectivity index (χ0n) is 16.7. The molecule has 1 saturated heterocycles. The van der Waals surface area contributed by atoms with E-state index in [2.05, 4.69) is 29.7 Å². The average Bonchev–Trinajstić information content (AvgIpc) is 3.34. The highest BCUT2D eigenvalue weighted by atomic mass is 19.1. The van der Waals surface area contributed by atoms with Crippen molar-refractivity contribution < 1.29 is 9.18 Å². The van der Waals surface area contributed by atoms with Gasteiger partial charge in [0.25, 0.3) is 0 Å². The first kappa shape index (κ1) is 18.6. The Bertz CT molecular complexity index is 1220. The van der Waals surface area contributed by atoms with Crippen LogP contribution in [0.25, 0.3) is 11.0 Å². The maximum Gasteiger partial charge on any atom is 0.227 e. The number of imidazole rings is 1. The van der Waals surface area contributed by atoms with E-state index in [9.17, 15) is 9.18 Å². The molecule has 3 aromatic carbocycles. The topological polar surface area (TPSA) is 38.1 Å². The molecular formula is C25H22FN3O. The fourth-order valence-electron chi connectivity index (χ4n) is 4.41. The van der Waals surface area contributed by atoms with Crippen LogP contribution in [0.4, 0.5) is 10.1 Å². The third-order valence-corrected chi connectivity index (χ3v) is 5.90. The number of hydrogen-bond donors (Lipinski definition) is 0. The number of halogens is 1. The molecular weight excluding hydrogens is 377 g/mol. The maximum atomic E-state index is 13.7. The predicted octanol–water partition coefficient (Wildman–Crippen LogP) is 5.31. The van der Waals surface area contributed by atoms with Crippen LogP contribution in [-0.2, 0) is 4.79 Å². The van der Waals surface area contributed by atoms with E-state index in [1.54, 1.807) is 17.0 Å². The molecule has 5 heteroatoms. The Morgan fingerprint density at radius 2 is 1.77 bits per heavy atom. The summed E-state index contributed by atoms with van der Waals surface area (Å²) >= 11 is 0. The van der Waals surface area contributed by atoms with Crippen LogP contribution in [0.1, 0.15) is 36.7 Å². The molecule has 2 heterocycles. The Balaban J connectivity index is 1.57. The van der Waals surface area contributed by atoms with Crippen molar-refractivity contribution in [1.29, 1.82) is 0 Å². The molecule has 30 heavy (non-hydrogen) atoms. The molecule has 0 N–H and O–H groups in total. The fraction of sp³-hybridized carbons (Fsp3) is 0.200. The van der Waals surface area contributed by atoms with E-state index in [0.717, 1.165) is 16.9 Å². The molecule has 0 spiro atoms.